The third kappa shape index (κ3) is 5.74. The molecule has 0 aliphatic rings. The Bertz CT molecular complexity index is 567. The lowest BCUT2D eigenvalue weighted by Gasteiger charge is -2.11. The Hall–Kier alpha value is -2.22. The SMILES string of the molecule is Cc1ccc(C(=O)CCC(=O)OC(C)C(=O)NC(N)=O)s1. The normalized spacial score (nSPS) is 11.5. The van der Waals surface area contributed by atoms with Crippen molar-refractivity contribution < 1.29 is 23.9 Å². The second-order valence-electron chi connectivity index (χ2n) is 4.32. The Kier molecular flexibility index (Phi) is 6.04. The zero-order chi connectivity index (χ0) is 16.0. The summed E-state index contributed by atoms with van der Waals surface area (Å²) in [6.07, 6.45) is -1.28. The van der Waals surface area contributed by atoms with Crippen molar-refractivity contribution in [2.45, 2.75) is 32.8 Å². The molecule has 1 aromatic heterocycles. The molecule has 0 aliphatic heterocycles. The van der Waals surface area contributed by atoms with Gasteiger partial charge in [0, 0.05) is 11.3 Å². The van der Waals surface area contributed by atoms with E-state index in [1.165, 1.54) is 18.3 Å². The molecule has 1 unspecified atom stereocenters. The van der Waals surface area contributed by atoms with Gasteiger partial charge in [-0.3, -0.25) is 19.7 Å². The minimum Gasteiger partial charge on any atom is -0.453 e. The summed E-state index contributed by atoms with van der Waals surface area (Å²) in [5, 5.41) is 1.80. The van der Waals surface area contributed by atoms with E-state index in [4.69, 9.17) is 10.5 Å². The van der Waals surface area contributed by atoms with Crippen LogP contribution in [0, 0.1) is 6.92 Å². The number of imide groups is 1. The number of amides is 3. The van der Waals surface area contributed by atoms with E-state index in [1.54, 1.807) is 11.4 Å². The smallest absolute Gasteiger partial charge is 0.318 e. The van der Waals surface area contributed by atoms with Crippen LogP contribution in [0.5, 0.6) is 0 Å². The summed E-state index contributed by atoms with van der Waals surface area (Å²) in [4.78, 5) is 46.7. The lowest BCUT2D eigenvalue weighted by atomic mass is 10.2. The molecule has 1 rings (SSSR count). The molecule has 1 atom stereocenters. The number of ketones is 1. The number of Topliss-reactive ketones (excluding diaryl/α,β-unsaturated/α-hetero) is 1. The Morgan fingerprint density at radius 3 is 2.48 bits per heavy atom. The van der Waals surface area contributed by atoms with Gasteiger partial charge in [-0.15, -0.1) is 11.3 Å². The van der Waals surface area contributed by atoms with Gasteiger partial charge in [-0.25, -0.2) is 4.79 Å². The number of hydrogen-bond acceptors (Lipinski definition) is 6. The average molecular weight is 312 g/mol. The molecule has 0 saturated carbocycles. The summed E-state index contributed by atoms with van der Waals surface area (Å²) < 4.78 is 4.80. The molecule has 0 fully saturated rings. The number of ether oxygens (including phenoxy) is 1. The van der Waals surface area contributed by atoms with Crippen molar-refractivity contribution in [2.24, 2.45) is 5.73 Å². The molecule has 3 amide bonds. The van der Waals surface area contributed by atoms with Crippen LogP contribution >= 0.6 is 11.3 Å². The van der Waals surface area contributed by atoms with Gasteiger partial charge < -0.3 is 10.5 Å². The molecule has 0 aliphatic carbocycles. The Morgan fingerprint density at radius 1 is 1.29 bits per heavy atom. The molecule has 114 valence electrons. The number of rotatable bonds is 6. The van der Waals surface area contributed by atoms with Crippen molar-refractivity contribution in [3.05, 3.63) is 21.9 Å². The first kappa shape index (κ1) is 16.8. The molecule has 0 saturated heterocycles. The van der Waals surface area contributed by atoms with Crippen LogP contribution in [0.3, 0.4) is 0 Å². The van der Waals surface area contributed by atoms with Crippen LogP contribution in [-0.2, 0) is 14.3 Å². The molecule has 0 radical (unpaired) electrons. The maximum atomic E-state index is 11.8. The van der Waals surface area contributed by atoms with Gasteiger partial charge >= 0.3 is 12.0 Å². The van der Waals surface area contributed by atoms with Crippen molar-refractivity contribution in [1.82, 2.24) is 5.32 Å². The van der Waals surface area contributed by atoms with E-state index >= 15 is 0 Å². The fourth-order valence-corrected chi connectivity index (χ4v) is 2.29. The third-order valence-electron chi connectivity index (χ3n) is 2.50. The number of aryl methyl sites for hydroxylation is 1. The van der Waals surface area contributed by atoms with E-state index in [0.29, 0.717) is 4.88 Å². The van der Waals surface area contributed by atoms with Crippen LogP contribution in [0.15, 0.2) is 12.1 Å². The molecular formula is C13H16N2O5S. The van der Waals surface area contributed by atoms with Gasteiger partial charge in [0.2, 0.25) is 0 Å². The molecule has 8 heteroatoms. The largest absolute Gasteiger partial charge is 0.453 e. The predicted molar refractivity (Wildman–Crippen MR) is 75.9 cm³/mol. The van der Waals surface area contributed by atoms with Crippen LogP contribution < -0.4 is 11.1 Å². The highest BCUT2D eigenvalue weighted by Gasteiger charge is 2.19. The van der Waals surface area contributed by atoms with Crippen LogP contribution in [-0.4, -0.2) is 29.8 Å². The second kappa shape index (κ2) is 7.53. The number of urea groups is 1. The van der Waals surface area contributed by atoms with Crippen molar-refractivity contribution >= 4 is 35.0 Å². The number of esters is 1. The molecular weight excluding hydrogens is 296 g/mol. The summed E-state index contributed by atoms with van der Waals surface area (Å²) in [6, 6.07) is 2.51. The molecule has 0 aromatic carbocycles. The molecule has 21 heavy (non-hydrogen) atoms. The van der Waals surface area contributed by atoms with Crippen LogP contribution in [0.2, 0.25) is 0 Å². The summed E-state index contributed by atoms with van der Waals surface area (Å²) in [6.45, 7) is 3.19. The topological polar surface area (TPSA) is 116 Å². The van der Waals surface area contributed by atoms with E-state index in [0.717, 1.165) is 4.88 Å². The molecule has 1 aromatic rings. The van der Waals surface area contributed by atoms with Gasteiger partial charge in [0.15, 0.2) is 11.9 Å². The quantitative estimate of drug-likeness (QED) is 0.604. The predicted octanol–water partition coefficient (Wildman–Crippen LogP) is 1.15. The van der Waals surface area contributed by atoms with Crippen LogP contribution in [0.4, 0.5) is 4.79 Å². The number of thiophene rings is 1. The van der Waals surface area contributed by atoms with Crippen molar-refractivity contribution in [1.29, 1.82) is 0 Å². The van der Waals surface area contributed by atoms with E-state index in [9.17, 15) is 19.2 Å². The Labute approximate surface area is 125 Å². The van der Waals surface area contributed by atoms with Crippen LogP contribution in [0.1, 0.15) is 34.3 Å². The van der Waals surface area contributed by atoms with Crippen molar-refractivity contribution in [2.75, 3.05) is 0 Å². The Balaban J connectivity index is 2.38. The average Bonchev–Trinajstić information content (AvgIpc) is 2.81. The summed E-state index contributed by atoms with van der Waals surface area (Å²) in [7, 11) is 0. The Morgan fingerprint density at radius 2 is 1.95 bits per heavy atom. The summed E-state index contributed by atoms with van der Waals surface area (Å²) in [5.74, 6) is -1.65. The van der Waals surface area contributed by atoms with Gasteiger partial charge in [-0.1, -0.05) is 0 Å². The zero-order valence-corrected chi connectivity index (χ0v) is 12.5. The molecule has 1 heterocycles. The molecule has 0 bridgehead atoms. The number of nitrogens with one attached hydrogen (secondary N) is 1. The number of hydrogen-bond donors (Lipinski definition) is 2. The van der Waals surface area contributed by atoms with Gasteiger partial charge in [0.25, 0.3) is 5.91 Å². The summed E-state index contributed by atoms with van der Waals surface area (Å²) >= 11 is 1.36. The maximum Gasteiger partial charge on any atom is 0.318 e. The second-order valence-corrected chi connectivity index (χ2v) is 5.61. The number of carbonyl (C=O) groups excluding carboxylic acids is 4. The standard InChI is InChI=1S/C13H16N2O5S/c1-7-3-5-10(21-7)9(16)4-6-11(17)20-8(2)12(18)15-13(14)19/h3,5,8H,4,6H2,1-2H3,(H3,14,15,18,19). The number of primary amides is 1. The summed E-state index contributed by atoms with van der Waals surface area (Å²) in [5.41, 5.74) is 4.77. The van der Waals surface area contributed by atoms with E-state index in [2.05, 4.69) is 0 Å². The zero-order valence-electron chi connectivity index (χ0n) is 11.7. The van der Waals surface area contributed by atoms with Gasteiger partial charge in [-0.2, -0.15) is 0 Å². The molecule has 7 nitrogen and oxygen atoms in total. The van der Waals surface area contributed by atoms with E-state index < -0.39 is 24.0 Å². The van der Waals surface area contributed by atoms with E-state index in [1.807, 2.05) is 13.0 Å². The highest BCUT2D eigenvalue weighted by atomic mass is 32.1. The molecule has 0 spiro atoms. The highest BCUT2D eigenvalue weighted by molar-refractivity contribution is 7.14. The minimum atomic E-state index is -1.15. The first-order valence-corrected chi connectivity index (χ1v) is 7.00. The first-order chi connectivity index (χ1) is 9.79. The maximum absolute atomic E-state index is 11.8. The minimum absolute atomic E-state index is 0.00292. The lowest BCUT2D eigenvalue weighted by molar-refractivity contribution is -0.154. The van der Waals surface area contributed by atoms with Crippen molar-refractivity contribution in [3.8, 4) is 0 Å². The lowest BCUT2D eigenvalue weighted by Crippen LogP contribution is -2.42. The molecule has 3 N–H and O–H groups in total. The number of nitrogens with two attached hydrogens (primary N) is 1. The van der Waals surface area contributed by atoms with Gasteiger partial charge in [-0.05, 0) is 26.0 Å². The monoisotopic (exact) mass is 312 g/mol. The highest BCUT2D eigenvalue weighted by Crippen LogP contribution is 2.17. The fourth-order valence-electron chi connectivity index (χ4n) is 1.46. The fraction of sp³-hybridized carbons (Fsp3) is 0.385. The van der Waals surface area contributed by atoms with E-state index in [-0.39, 0.29) is 18.6 Å². The van der Waals surface area contributed by atoms with Crippen LogP contribution in [0.25, 0.3) is 0 Å². The number of carbonyl (C=O) groups is 4. The third-order valence-corrected chi connectivity index (χ3v) is 3.54. The van der Waals surface area contributed by atoms with Crippen molar-refractivity contribution in [3.63, 3.8) is 0 Å². The van der Waals surface area contributed by atoms with Gasteiger partial charge in [0.1, 0.15) is 0 Å². The van der Waals surface area contributed by atoms with Gasteiger partial charge in [0.05, 0.1) is 11.3 Å². The first-order valence-electron chi connectivity index (χ1n) is 6.19.